The van der Waals surface area contributed by atoms with Crippen molar-refractivity contribution in [1.82, 2.24) is 0 Å². The Morgan fingerprint density at radius 3 is 2.59 bits per heavy atom. The van der Waals surface area contributed by atoms with Gasteiger partial charge in [0.1, 0.15) is 6.29 Å². The van der Waals surface area contributed by atoms with Crippen LogP contribution in [0.5, 0.6) is 0 Å². The Balaban J connectivity index is 2.17. The van der Waals surface area contributed by atoms with Gasteiger partial charge in [-0.25, -0.2) is 0 Å². The first-order valence-electron chi connectivity index (χ1n) is 9.40. The minimum absolute atomic E-state index is 0.0152. The van der Waals surface area contributed by atoms with Gasteiger partial charge in [0, 0.05) is 16.8 Å². The molecule has 0 fully saturated rings. The number of nitrogen functional groups attached to an aromatic ring is 1. The molecule has 0 radical (unpaired) electrons. The lowest BCUT2D eigenvalue weighted by Gasteiger charge is -2.23. The van der Waals surface area contributed by atoms with Gasteiger partial charge in [0.15, 0.2) is 0 Å². The molecule has 0 atom stereocenters. The molecule has 27 heavy (non-hydrogen) atoms. The maximum absolute atomic E-state index is 10.9. The van der Waals surface area contributed by atoms with E-state index in [1.807, 2.05) is 18.2 Å². The number of benzene rings is 2. The van der Waals surface area contributed by atoms with Crippen molar-refractivity contribution in [2.75, 3.05) is 17.8 Å². The fraction of sp³-hybridized carbons (Fsp3) is 0.409. The first-order chi connectivity index (χ1) is 12.8. The molecule has 0 unspecified atom stereocenters. The highest BCUT2D eigenvalue weighted by Crippen LogP contribution is 2.32. The van der Waals surface area contributed by atoms with Crippen LogP contribution in [-0.2, 0) is 23.3 Å². The number of anilines is 2. The second-order valence-corrected chi connectivity index (χ2v) is 7.84. The summed E-state index contributed by atoms with van der Waals surface area (Å²) in [5, 5.41) is 0. The van der Waals surface area contributed by atoms with Gasteiger partial charge in [0.05, 0.1) is 12.3 Å². The van der Waals surface area contributed by atoms with Crippen molar-refractivity contribution in [2.45, 2.75) is 52.1 Å². The smallest absolute Gasteiger partial charge is 0.150 e. The molecule has 2 rings (SSSR count). The van der Waals surface area contributed by atoms with Crippen LogP contribution < -0.4 is 16.9 Å². The number of carbonyl (C=O) groups is 1. The van der Waals surface area contributed by atoms with Crippen LogP contribution in [0.3, 0.4) is 0 Å². The molecule has 0 spiro atoms. The number of hydrogen-bond donors (Lipinski definition) is 3. The SMILES string of the molecule is CC(C)(C)c1cc(N)c(CCCCN)c(NOCc2cccc(C=O)c2)c1. The van der Waals surface area contributed by atoms with E-state index < -0.39 is 0 Å². The first-order valence-corrected chi connectivity index (χ1v) is 9.40. The molecular formula is C22H31N3O2. The maximum Gasteiger partial charge on any atom is 0.150 e. The average Bonchev–Trinajstić information content (AvgIpc) is 2.63. The fourth-order valence-corrected chi connectivity index (χ4v) is 2.90. The molecule has 0 aliphatic rings. The van der Waals surface area contributed by atoms with Crippen LogP contribution >= 0.6 is 0 Å². The molecule has 146 valence electrons. The van der Waals surface area contributed by atoms with E-state index in [1.54, 1.807) is 6.07 Å². The Hall–Kier alpha value is -2.37. The molecule has 0 aliphatic heterocycles. The number of carbonyl (C=O) groups excluding carboxylic acids is 1. The minimum Gasteiger partial charge on any atom is -0.398 e. The Morgan fingerprint density at radius 1 is 1.15 bits per heavy atom. The van der Waals surface area contributed by atoms with Crippen LogP contribution in [0, 0.1) is 0 Å². The second-order valence-electron chi connectivity index (χ2n) is 7.84. The summed E-state index contributed by atoms with van der Waals surface area (Å²) in [6.45, 7) is 7.50. The highest BCUT2D eigenvalue weighted by Gasteiger charge is 2.18. The summed E-state index contributed by atoms with van der Waals surface area (Å²) < 4.78 is 0. The van der Waals surface area contributed by atoms with Crippen molar-refractivity contribution in [1.29, 1.82) is 0 Å². The molecule has 5 heteroatoms. The molecule has 0 saturated carbocycles. The van der Waals surface area contributed by atoms with Gasteiger partial charge in [-0.1, -0.05) is 39.0 Å². The number of aldehydes is 1. The molecule has 2 aromatic rings. The van der Waals surface area contributed by atoms with Crippen LogP contribution in [0.1, 0.15) is 60.7 Å². The minimum atomic E-state index is -0.0152. The summed E-state index contributed by atoms with van der Waals surface area (Å²) in [7, 11) is 0. The highest BCUT2D eigenvalue weighted by molar-refractivity contribution is 5.74. The third kappa shape index (κ3) is 6.08. The molecule has 5 N–H and O–H groups in total. The zero-order chi connectivity index (χ0) is 19.9. The van der Waals surface area contributed by atoms with Crippen LogP contribution in [0.15, 0.2) is 36.4 Å². The Kier molecular flexibility index (Phi) is 7.39. The lowest BCUT2D eigenvalue weighted by Crippen LogP contribution is -2.15. The van der Waals surface area contributed by atoms with E-state index in [0.29, 0.717) is 18.7 Å². The molecule has 2 aromatic carbocycles. The monoisotopic (exact) mass is 369 g/mol. The van der Waals surface area contributed by atoms with Gasteiger partial charge in [-0.2, -0.15) is 0 Å². The van der Waals surface area contributed by atoms with Crippen LogP contribution in [-0.4, -0.2) is 12.8 Å². The van der Waals surface area contributed by atoms with Crippen molar-refractivity contribution >= 4 is 17.7 Å². The third-order valence-corrected chi connectivity index (χ3v) is 4.54. The van der Waals surface area contributed by atoms with Crippen molar-refractivity contribution in [2.24, 2.45) is 5.73 Å². The Labute approximate surface area is 162 Å². The van der Waals surface area contributed by atoms with Crippen molar-refractivity contribution in [3.05, 3.63) is 58.7 Å². The molecule has 5 nitrogen and oxygen atoms in total. The molecule has 0 bridgehead atoms. The zero-order valence-corrected chi connectivity index (χ0v) is 16.5. The van der Waals surface area contributed by atoms with E-state index in [2.05, 4.69) is 38.4 Å². The van der Waals surface area contributed by atoms with Crippen LogP contribution in [0.25, 0.3) is 0 Å². The zero-order valence-electron chi connectivity index (χ0n) is 16.5. The lowest BCUT2D eigenvalue weighted by atomic mass is 9.85. The maximum atomic E-state index is 10.9. The van der Waals surface area contributed by atoms with Crippen molar-refractivity contribution in [3.63, 3.8) is 0 Å². The summed E-state index contributed by atoms with van der Waals surface area (Å²) in [5.41, 5.74) is 20.5. The Bertz CT molecular complexity index is 767. The number of nitrogens with two attached hydrogens (primary N) is 2. The summed E-state index contributed by atoms with van der Waals surface area (Å²) in [4.78, 5) is 16.6. The summed E-state index contributed by atoms with van der Waals surface area (Å²) in [6, 6.07) is 11.5. The number of hydrogen-bond acceptors (Lipinski definition) is 5. The number of nitrogens with one attached hydrogen (secondary N) is 1. The van der Waals surface area contributed by atoms with E-state index in [0.717, 1.165) is 53.6 Å². The van der Waals surface area contributed by atoms with Crippen molar-refractivity contribution < 1.29 is 9.63 Å². The standard InChI is InChI=1S/C22H31N3O2/c1-22(2,3)18-12-20(24)19(9-4-5-10-23)21(13-18)25-27-15-17-8-6-7-16(11-17)14-26/h6-8,11-14,25H,4-5,9-10,15,23-24H2,1-3H3. The van der Waals surface area contributed by atoms with Gasteiger partial charge in [0.2, 0.25) is 0 Å². The van der Waals surface area contributed by atoms with Crippen LogP contribution in [0.2, 0.25) is 0 Å². The molecule has 0 amide bonds. The van der Waals surface area contributed by atoms with E-state index in [4.69, 9.17) is 16.3 Å². The molecule has 0 aliphatic carbocycles. The van der Waals surface area contributed by atoms with Crippen LogP contribution in [0.4, 0.5) is 11.4 Å². The third-order valence-electron chi connectivity index (χ3n) is 4.54. The molecular weight excluding hydrogens is 338 g/mol. The summed E-state index contributed by atoms with van der Waals surface area (Å²) in [5.74, 6) is 0. The highest BCUT2D eigenvalue weighted by atomic mass is 16.6. The topological polar surface area (TPSA) is 90.4 Å². The van der Waals surface area contributed by atoms with Gasteiger partial charge in [-0.15, -0.1) is 0 Å². The summed E-state index contributed by atoms with van der Waals surface area (Å²) in [6.07, 6.45) is 3.62. The average molecular weight is 370 g/mol. The fourth-order valence-electron chi connectivity index (χ4n) is 2.90. The largest absolute Gasteiger partial charge is 0.398 e. The predicted molar refractivity (Wildman–Crippen MR) is 112 cm³/mol. The van der Waals surface area contributed by atoms with E-state index in [-0.39, 0.29) is 5.41 Å². The predicted octanol–water partition coefficient (Wildman–Crippen LogP) is 4.20. The first kappa shape index (κ1) is 20.9. The van der Waals surface area contributed by atoms with Gasteiger partial charge in [0.25, 0.3) is 0 Å². The quantitative estimate of drug-likeness (QED) is 0.267. The van der Waals surface area contributed by atoms with Gasteiger partial charge in [-0.3, -0.25) is 15.1 Å². The normalized spacial score (nSPS) is 11.4. The number of unbranched alkanes of at least 4 members (excludes halogenated alkanes) is 1. The van der Waals surface area contributed by atoms with E-state index in [1.165, 1.54) is 0 Å². The van der Waals surface area contributed by atoms with E-state index >= 15 is 0 Å². The lowest BCUT2D eigenvalue weighted by molar-refractivity contribution is 0.112. The molecule has 0 aromatic heterocycles. The Morgan fingerprint density at radius 2 is 1.93 bits per heavy atom. The molecule has 0 saturated heterocycles. The molecule has 0 heterocycles. The van der Waals surface area contributed by atoms with Crippen molar-refractivity contribution in [3.8, 4) is 0 Å². The van der Waals surface area contributed by atoms with Gasteiger partial charge in [-0.05, 0) is 60.5 Å². The van der Waals surface area contributed by atoms with Gasteiger partial charge < -0.3 is 11.5 Å². The van der Waals surface area contributed by atoms with Gasteiger partial charge >= 0.3 is 0 Å². The number of rotatable bonds is 9. The second kappa shape index (κ2) is 9.53. The van der Waals surface area contributed by atoms with E-state index in [9.17, 15) is 4.79 Å². The summed E-state index contributed by atoms with van der Waals surface area (Å²) >= 11 is 0.